The minimum Gasteiger partial charge on any atom is -0.198 e. The van der Waals surface area contributed by atoms with Crippen LogP contribution in [0.15, 0.2) is 11.1 Å². The molecule has 0 bridgehead atoms. The van der Waals surface area contributed by atoms with Crippen molar-refractivity contribution in [3.8, 4) is 12.1 Å². The summed E-state index contributed by atoms with van der Waals surface area (Å²) in [6.07, 6.45) is 0.361. The van der Waals surface area contributed by atoms with Crippen LogP contribution >= 0.6 is 0 Å². The third-order valence-electron chi connectivity index (χ3n) is 1.15. The van der Waals surface area contributed by atoms with E-state index in [1.165, 1.54) is 0 Å². The molecule has 0 aromatic rings. The molecule has 46 valence electrons. The summed E-state index contributed by atoms with van der Waals surface area (Å²) in [5.74, 6) is 0. The lowest BCUT2D eigenvalue weighted by molar-refractivity contribution is 1.17. The zero-order chi connectivity index (χ0) is 7.28. The van der Waals surface area contributed by atoms with Crippen LogP contribution in [0.1, 0.15) is 20.3 Å². The van der Waals surface area contributed by atoms with Crippen molar-refractivity contribution in [2.75, 3.05) is 0 Å². The summed E-state index contributed by atoms with van der Waals surface area (Å²) >= 11 is 0. The summed E-state index contributed by atoms with van der Waals surface area (Å²) in [6, 6.07) is 3.95. The summed E-state index contributed by atoms with van der Waals surface area (Å²) in [6.45, 7) is 3.51. The first-order valence-corrected chi connectivity index (χ1v) is 2.65. The van der Waals surface area contributed by atoms with Crippen LogP contribution in [0.3, 0.4) is 0 Å². The van der Waals surface area contributed by atoms with Gasteiger partial charge in [0.15, 0.2) is 0 Å². The number of nitrogens with zero attached hydrogens (tertiary/aromatic N) is 2. The Morgan fingerprint density at radius 3 is 2.22 bits per heavy atom. The van der Waals surface area contributed by atoms with E-state index >= 15 is 0 Å². The molecule has 0 radical (unpaired) electrons. The van der Waals surface area contributed by atoms with Gasteiger partial charge in [0.1, 0.15) is 0 Å². The first kappa shape index (κ1) is 7.72. The van der Waals surface area contributed by atoms with E-state index in [1.807, 2.05) is 12.1 Å². The minimum atomic E-state index is 0.361. The lowest BCUT2D eigenvalue weighted by atomic mass is 10.1. The number of rotatable bonds is 1. The Morgan fingerprint density at radius 1 is 1.33 bits per heavy atom. The zero-order valence-corrected chi connectivity index (χ0v) is 5.60. The van der Waals surface area contributed by atoms with E-state index in [0.29, 0.717) is 12.0 Å². The van der Waals surface area contributed by atoms with Crippen LogP contribution in [-0.4, -0.2) is 0 Å². The van der Waals surface area contributed by atoms with E-state index in [0.717, 1.165) is 5.57 Å². The van der Waals surface area contributed by atoms with Crippen LogP contribution in [-0.2, 0) is 0 Å². The van der Waals surface area contributed by atoms with Crippen molar-refractivity contribution in [2.24, 2.45) is 0 Å². The van der Waals surface area contributed by atoms with Gasteiger partial charge in [-0.05, 0) is 19.4 Å². The summed E-state index contributed by atoms with van der Waals surface area (Å²) in [7, 11) is 0. The molecular weight excluding hydrogens is 112 g/mol. The lowest BCUT2D eigenvalue weighted by Crippen LogP contribution is -1.78. The summed E-state index contributed by atoms with van der Waals surface area (Å²) < 4.78 is 0. The van der Waals surface area contributed by atoms with Crippen LogP contribution in [0, 0.1) is 22.7 Å². The summed E-state index contributed by atoms with van der Waals surface area (Å²) in [4.78, 5) is 0. The maximum Gasteiger partial charge on any atom is 0.0943 e. The van der Waals surface area contributed by atoms with Gasteiger partial charge in [-0.25, -0.2) is 0 Å². The van der Waals surface area contributed by atoms with Gasteiger partial charge in [-0.1, -0.05) is 0 Å². The van der Waals surface area contributed by atoms with Crippen molar-refractivity contribution in [3.05, 3.63) is 11.1 Å². The molecule has 2 nitrogen and oxygen atoms in total. The van der Waals surface area contributed by atoms with Crippen LogP contribution in [0.2, 0.25) is 0 Å². The maximum absolute atomic E-state index is 8.31. The molecule has 0 aromatic carbocycles. The molecule has 0 spiro atoms. The molecule has 0 saturated carbocycles. The predicted molar refractivity (Wildman–Crippen MR) is 34.2 cm³/mol. The van der Waals surface area contributed by atoms with Crippen molar-refractivity contribution >= 4 is 0 Å². The normalized spacial score (nSPS) is 11.1. The fraction of sp³-hybridized carbons (Fsp3) is 0.429. The van der Waals surface area contributed by atoms with E-state index in [2.05, 4.69) is 0 Å². The van der Waals surface area contributed by atoms with E-state index in [1.54, 1.807) is 13.8 Å². The molecule has 0 aromatic heterocycles. The Balaban J connectivity index is 4.20. The van der Waals surface area contributed by atoms with Gasteiger partial charge in [0.25, 0.3) is 0 Å². The zero-order valence-electron chi connectivity index (χ0n) is 5.60. The molecule has 9 heavy (non-hydrogen) atoms. The molecule has 0 N–H and O–H groups in total. The summed E-state index contributed by atoms with van der Waals surface area (Å²) in [5, 5.41) is 16.5. The SMILES string of the molecule is C/C(C#N)=C(/C)CC#N. The van der Waals surface area contributed by atoms with Gasteiger partial charge < -0.3 is 0 Å². The van der Waals surface area contributed by atoms with Gasteiger partial charge in [0, 0.05) is 5.57 Å². The minimum absolute atomic E-state index is 0.361. The van der Waals surface area contributed by atoms with E-state index in [4.69, 9.17) is 10.5 Å². The highest BCUT2D eigenvalue weighted by Gasteiger charge is 1.92. The molecule has 0 aliphatic carbocycles. The van der Waals surface area contributed by atoms with Crippen LogP contribution in [0.25, 0.3) is 0 Å². The number of hydrogen-bond acceptors (Lipinski definition) is 2. The highest BCUT2D eigenvalue weighted by molar-refractivity contribution is 5.25. The molecule has 0 unspecified atom stereocenters. The first-order chi connectivity index (χ1) is 4.22. The van der Waals surface area contributed by atoms with Crippen molar-refractivity contribution < 1.29 is 0 Å². The van der Waals surface area contributed by atoms with Gasteiger partial charge in [-0.15, -0.1) is 0 Å². The summed E-state index contributed by atoms with van der Waals surface area (Å²) in [5.41, 5.74) is 1.51. The average molecular weight is 120 g/mol. The van der Waals surface area contributed by atoms with Crippen molar-refractivity contribution in [1.82, 2.24) is 0 Å². The Hall–Kier alpha value is -1.28. The smallest absolute Gasteiger partial charge is 0.0943 e. The average Bonchev–Trinajstić information content (AvgIpc) is 1.87. The van der Waals surface area contributed by atoms with Gasteiger partial charge >= 0.3 is 0 Å². The molecule has 0 heterocycles. The second kappa shape index (κ2) is 3.69. The molecule has 0 aliphatic heterocycles. The van der Waals surface area contributed by atoms with Gasteiger partial charge in [-0.3, -0.25) is 0 Å². The molecule has 0 fully saturated rings. The van der Waals surface area contributed by atoms with Gasteiger partial charge in [0.05, 0.1) is 18.6 Å². The lowest BCUT2D eigenvalue weighted by Gasteiger charge is -1.90. The highest BCUT2D eigenvalue weighted by Crippen LogP contribution is 2.04. The third-order valence-corrected chi connectivity index (χ3v) is 1.15. The Labute approximate surface area is 55.0 Å². The second-order valence-electron chi connectivity index (χ2n) is 1.85. The van der Waals surface area contributed by atoms with Crippen LogP contribution in [0.4, 0.5) is 0 Å². The molecule has 0 saturated heterocycles. The van der Waals surface area contributed by atoms with Gasteiger partial charge in [-0.2, -0.15) is 10.5 Å². The van der Waals surface area contributed by atoms with E-state index in [-0.39, 0.29) is 0 Å². The maximum atomic E-state index is 8.31. The third kappa shape index (κ3) is 2.51. The quantitative estimate of drug-likeness (QED) is 0.495. The number of nitriles is 2. The molecule has 0 amide bonds. The molecule has 0 atom stereocenters. The highest BCUT2D eigenvalue weighted by atomic mass is 14.3. The molecule has 0 rings (SSSR count). The van der Waals surface area contributed by atoms with Crippen LogP contribution < -0.4 is 0 Å². The monoisotopic (exact) mass is 120 g/mol. The van der Waals surface area contributed by atoms with Crippen molar-refractivity contribution in [3.63, 3.8) is 0 Å². The molecular formula is C7H8N2. The second-order valence-corrected chi connectivity index (χ2v) is 1.85. The van der Waals surface area contributed by atoms with Crippen LogP contribution in [0.5, 0.6) is 0 Å². The largest absolute Gasteiger partial charge is 0.198 e. The van der Waals surface area contributed by atoms with E-state index in [9.17, 15) is 0 Å². The van der Waals surface area contributed by atoms with Crippen molar-refractivity contribution in [1.29, 1.82) is 10.5 Å². The first-order valence-electron chi connectivity index (χ1n) is 2.65. The Kier molecular flexibility index (Phi) is 3.16. The number of hydrogen-bond donors (Lipinski definition) is 0. The fourth-order valence-corrected chi connectivity index (χ4v) is 0.347. The molecule has 0 aliphatic rings. The van der Waals surface area contributed by atoms with E-state index < -0.39 is 0 Å². The topological polar surface area (TPSA) is 47.6 Å². The number of allylic oxidation sites excluding steroid dienone is 2. The predicted octanol–water partition coefficient (Wildman–Crippen LogP) is 1.76. The van der Waals surface area contributed by atoms with Gasteiger partial charge in [0.2, 0.25) is 0 Å². The van der Waals surface area contributed by atoms with Crippen molar-refractivity contribution in [2.45, 2.75) is 20.3 Å². The Bertz CT molecular complexity index is 200. The fourth-order valence-electron chi connectivity index (χ4n) is 0.347. The Morgan fingerprint density at radius 2 is 1.89 bits per heavy atom. The standard InChI is InChI=1S/C7H8N2/c1-6(3-4-8)7(2)5-9/h3H2,1-2H3/b7-6+. The molecule has 2 heteroatoms.